The lowest BCUT2D eigenvalue weighted by Gasteiger charge is -2.32. The molecule has 8 heteroatoms. The standard InChI is InChI=1S/C22H23N5O2S/c28-20(17-7-4-10-23-13-17)26-22-25-19(15-30-22)21(29)24-18-8-11-27(12-9-18)14-16-5-2-1-3-6-16/h1-7,10,13,15,18H,8-9,11-12,14H2,(H,24,29)(H,25,26,28). The molecule has 1 saturated heterocycles. The maximum Gasteiger partial charge on any atom is 0.271 e. The summed E-state index contributed by atoms with van der Waals surface area (Å²) < 4.78 is 0. The highest BCUT2D eigenvalue weighted by atomic mass is 32.1. The molecule has 154 valence electrons. The molecule has 0 unspecified atom stereocenters. The topological polar surface area (TPSA) is 87.2 Å². The number of aromatic nitrogens is 2. The van der Waals surface area contributed by atoms with E-state index in [4.69, 9.17) is 0 Å². The Kier molecular flexibility index (Phi) is 6.46. The number of carbonyl (C=O) groups is 2. The van der Waals surface area contributed by atoms with E-state index in [-0.39, 0.29) is 17.9 Å². The third kappa shape index (κ3) is 5.28. The van der Waals surface area contributed by atoms with Gasteiger partial charge in [-0.25, -0.2) is 4.98 Å². The zero-order chi connectivity index (χ0) is 20.8. The van der Waals surface area contributed by atoms with Gasteiger partial charge in [0.15, 0.2) is 5.13 Å². The van der Waals surface area contributed by atoms with Gasteiger partial charge >= 0.3 is 0 Å². The Morgan fingerprint density at radius 1 is 1.07 bits per heavy atom. The molecule has 1 aliphatic rings. The number of piperidine rings is 1. The number of anilines is 1. The number of likely N-dealkylation sites (tertiary alicyclic amines) is 1. The predicted molar refractivity (Wildman–Crippen MR) is 117 cm³/mol. The van der Waals surface area contributed by atoms with Crippen LogP contribution in [0.5, 0.6) is 0 Å². The van der Waals surface area contributed by atoms with Gasteiger partial charge in [0.1, 0.15) is 5.69 Å². The Balaban J connectivity index is 1.25. The molecule has 0 saturated carbocycles. The summed E-state index contributed by atoms with van der Waals surface area (Å²) in [7, 11) is 0. The molecule has 0 bridgehead atoms. The maximum atomic E-state index is 12.6. The number of nitrogens with zero attached hydrogens (tertiary/aromatic N) is 3. The van der Waals surface area contributed by atoms with E-state index in [0.717, 1.165) is 32.5 Å². The lowest BCUT2D eigenvalue weighted by atomic mass is 10.0. The first-order valence-electron chi connectivity index (χ1n) is 9.91. The van der Waals surface area contributed by atoms with Crippen LogP contribution >= 0.6 is 11.3 Å². The second-order valence-corrected chi connectivity index (χ2v) is 8.10. The molecule has 2 amide bonds. The molecule has 0 aliphatic carbocycles. The number of amides is 2. The van der Waals surface area contributed by atoms with E-state index in [0.29, 0.717) is 16.4 Å². The lowest BCUT2D eigenvalue weighted by Crippen LogP contribution is -2.44. The molecule has 0 atom stereocenters. The van der Waals surface area contributed by atoms with Gasteiger partial charge in [-0.1, -0.05) is 30.3 Å². The molecular weight excluding hydrogens is 398 g/mol. The van der Waals surface area contributed by atoms with Gasteiger partial charge in [0, 0.05) is 43.4 Å². The molecule has 0 radical (unpaired) electrons. The first-order chi connectivity index (χ1) is 14.7. The second-order valence-electron chi connectivity index (χ2n) is 7.24. The summed E-state index contributed by atoms with van der Waals surface area (Å²) in [6.07, 6.45) is 4.91. The van der Waals surface area contributed by atoms with Gasteiger partial charge in [-0.15, -0.1) is 11.3 Å². The summed E-state index contributed by atoms with van der Waals surface area (Å²) in [6.45, 7) is 2.83. The molecule has 2 aromatic heterocycles. The molecule has 3 aromatic rings. The van der Waals surface area contributed by atoms with Gasteiger partial charge in [0.05, 0.1) is 5.56 Å². The number of thiazole rings is 1. The van der Waals surface area contributed by atoms with Crippen LogP contribution in [-0.4, -0.2) is 45.8 Å². The molecule has 2 N–H and O–H groups in total. The Morgan fingerprint density at radius 3 is 2.60 bits per heavy atom. The minimum Gasteiger partial charge on any atom is -0.348 e. The largest absolute Gasteiger partial charge is 0.348 e. The average molecular weight is 422 g/mol. The third-order valence-corrected chi connectivity index (χ3v) is 5.81. The van der Waals surface area contributed by atoms with Crippen LogP contribution in [0, 0.1) is 0 Å². The first kappa shape index (κ1) is 20.2. The monoisotopic (exact) mass is 421 g/mol. The molecule has 1 aromatic carbocycles. The number of nitrogens with one attached hydrogen (secondary N) is 2. The van der Waals surface area contributed by atoms with Crippen molar-refractivity contribution < 1.29 is 9.59 Å². The van der Waals surface area contributed by atoms with Gasteiger partial charge in [-0.3, -0.25) is 24.8 Å². The lowest BCUT2D eigenvalue weighted by molar-refractivity contribution is 0.0903. The second kappa shape index (κ2) is 9.60. The Bertz CT molecular complexity index is 985. The number of hydrogen-bond donors (Lipinski definition) is 2. The molecule has 1 fully saturated rings. The molecule has 0 spiro atoms. The van der Waals surface area contributed by atoms with Crippen molar-refractivity contribution in [2.75, 3.05) is 18.4 Å². The van der Waals surface area contributed by atoms with Crippen molar-refractivity contribution in [1.82, 2.24) is 20.2 Å². The number of benzene rings is 1. The fraction of sp³-hybridized carbons (Fsp3) is 0.273. The van der Waals surface area contributed by atoms with Crippen LogP contribution in [0.15, 0.2) is 60.2 Å². The fourth-order valence-electron chi connectivity index (χ4n) is 3.44. The van der Waals surface area contributed by atoms with Gasteiger partial charge in [0.2, 0.25) is 0 Å². The van der Waals surface area contributed by atoms with Crippen LogP contribution in [0.3, 0.4) is 0 Å². The minimum absolute atomic E-state index is 0.139. The van der Waals surface area contributed by atoms with E-state index >= 15 is 0 Å². The number of rotatable bonds is 6. The van der Waals surface area contributed by atoms with E-state index in [2.05, 4.69) is 49.8 Å². The zero-order valence-electron chi connectivity index (χ0n) is 16.5. The summed E-state index contributed by atoms with van der Waals surface area (Å²) in [6, 6.07) is 13.9. The van der Waals surface area contributed by atoms with Crippen LogP contribution in [0.2, 0.25) is 0 Å². The van der Waals surface area contributed by atoms with E-state index in [1.807, 2.05) is 6.07 Å². The third-order valence-electron chi connectivity index (χ3n) is 5.05. The maximum absolute atomic E-state index is 12.6. The highest BCUT2D eigenvalue weighted by Crippen LogP contribution is 2.18. The Labute approximate surface area is 179 Å². The van der Waals surface area contributed by atoms with Gasteiger partial charge in [-0.2, -0.15) is 0 Å². The van der Waals surface area contributed by atoms with Crippen molar-refractivity contribution >= 4 is 28.3 Å². The minimum atomic E-state index is -0.296. The summed E-state index contributed by atoms with van der Waals surface area (Å²) in [5.74, 6) is -0.496. The number of carbonyl (C=O) groups excluding carboxylic acids is 2. The van der Waals surface area contributed by atoms with Crippen molar-refractivity contribution in [2.24, 2.45) is 0 Å². The number of pyridine rings is 1. The predicted octanol–water partition coefficient (Wildman–Crippen LogP) is 3.18. The highest BCUT2D eigenvalue weighted by Gasteiger charge is 2.22. The van der Waals surface area contributed by atoms with Crippen LogP contribution in [-0.2, 0) is 6.54 Å². The fourth-order valence-corrected chi connectivity index (χ4v) is 4.12. The molecule has 7 nitrogen and oxygen atoms in total. The molecule has 1 aliphatic heterocycles. The first-order valence-corrected chi connectivity index (χ1v) is 10.8. The zero-order valence-corrected chi connectivity index (χ0v) is 17.3. The quantitative estimate of drug-likeness (QED) is 0.638. The summed E-state index contributed by atoms with van der Waals surface area (Å²) in [5, 5.41) is 7.84. The van der Waals surface area contributed by atoms with E-state index in [9.17, 15) is 9.59 Å². The van der Waals surface area contributed by atoms with Crippen LogP contribution < -0.4 is 10.6 Å². The van der Waals surface area contributed by atoms with E-state index in [1.54, 1.807) is 23.7 Å². The van der Waals surface area contributed by atoms with Crippen molar-refractivity contribution in [3.63, 3.8) is 0 Å². The van der Waals surface area contributed by atoms with Crippen molar-refractivity contribution in [3.05, 3.63) is 77.1 Å². The average Bonchev–Trinajstić information content (AvgIpc) is 3.25. The number of hydrogen-bond acceptors (Lipinski definition) is 6. The summed E-state index contributed by atoms with van der Waals surface area (Å²) >= 11 is 1.23. The van der Waals surface area contributed by atoms with Crippen molar-refractivity contribution in [2.45, 2.75) is 25.4 Å². The van der Waals surface area contributed by atoms with Gasteiger partial charge in [0.25, 0.3) is 11.8 Å². The highest BCUT2D eigenvalue weighted by molar-refractivity contribution is 7.14. The molecule has 3 heterocycles. The summed E-state index contributed by atoms with van der Waals surface area (Å²) in [5.41, 5.74) is 2.08. The molecule has 30 heavy (non-hydrogen) atoms. The summed E-state index contributed by atoms with van der Waals surface area (Å²) in [4.78, 5) is 35.3. The van der Waals surface area contributed by atoms with Crippen molar-refractivity contribution in [1.29, 1.82) is 0 Å². The smallest absolute Gasteiger partial charge is 0.271 e. The van der Waals surface area contributed by atoms with Crippen LogP contribution in [0.1, 0.15) is 39.3 Å². The van der Waals surface area contributed by atoms with E-state index in [1.165, 1.54) is 23.1 Å². The molecule has 4 rings (SSSR count). The van der Waals surface area contributed by atoms with E-state index < -0.39 is 0 Å². The van der Waals surface area contributed by atoms with Gasteiger partial charge in [-0.05, 0) is 30.5 Å². The van der Waals surface area contributed by atoms with Gasteiger partial charge < -0.3 is 5.32 Å². The Morgan fingerprint density at radius 2 is 1.87 bits per heavy atom. The normalized spacial score (nSPS) is 14.9. The Hall–Kier alpha value is -3.10. The molecular formula is C22H23N5O2S. The van der Waals surface area contributed by atoms with Crippen LogP contribution in [0.4, 0.5) is 5.13 Å². The van der Waals surface area contributed by atoms with Crippen molar-refractivity contribution in [3.8, 4) is 0 Å². The SMILES string of the molecule is O=C(Nc1nc(C(=O)NC2CCN(Cc3ccccc3)CC2)cs1)c1cccnc1. The van der Waals surface area contributed by atoms with Crippen LogP contribution in [0.25, 0.3) is 0 Å².